The summed E-state index contributed by atoms with van der Waals surface area (Å²) in [7, 11) is 1.52. The van der Waals surface area contributed by atoms with Crippen LogP contribution in [0.2, 0.25) is 0 Å². The van der Waals surface area contributed by atoms with E-state index in [1.54, 1.807) is 59.4 Å². The van der Waals surface area contributed by atoms with Gasteiger partial charge in [-0.1, -0.05) is 0 Å². The van der Waals surface area contributed by atoms with Gasteiger partial charge in [0.05, 0.1) is 25.0 Å². The van der Waals surface area contributed by atoms with Crippen molar-refractivity contribution in [2.75, 3.05) is 28.8 Å². The molecule has 3 aromatic heterocycles. The number of urea groups is 1. The SMILES string of the molecule is COc1ccc(N2C(=O)N(c3ccc4nccn4c3)Cc3cnc(NCC(F)(F)F)nc32)cc1. The van der Waals surface area contributed by atoms with Crippen molar-refractivity contribution in [3.8, 4) is 5.75 Å². The van der Waals surface area contributed by atoms with Crippen molar-refractivity contribution in [1.82, 2.24) is 19.4 Å². The average Bonchev–Trinajstić information content (AvgIpc) is 3.30. The molecule has 34 heavy (non-hydrogen) atoms. The Labute approximate surface area is 191 Å². The molecule has 9 nitrogen and oxygen atoms in total. The fourth-order valence-corrected chi connectivity index (χ4v) is 3.65. The standard InChI is InChI=1S/C22H18F3N7O2/c1-34-17-5-2-15(3-6-17)32-19-14(10-27-20(29-19)28-13-22(23,24)25)11-31(21(32)33)16-4-7-18-26-8-9-30(18)12-16/h2-10,12H,11,13H2,1H3,(H,27,28,29). The minimum absolute atomic E-state index is 0.139. The maximum absolute atomic E-state index is 13.7. The van der Waals surface area contributed by atoms with Gasteiger partial charge < -0.3 is 14.5 Å². The third kappa shape index (κ3) is 4.05. The Balaban J connectivity index is 1.57. The van der Waals surface area contributed by atoms with Gasteiger partial charge >= 0.3 is 12.2 Å². The molecule has 1 aliphatic heterocycles. The van der Waals surface area contributed by atoms with Crippen molar-refractivity contribution in [3.63, 3.8) is 0 Å². The number of pyridine rings is 1. The fraction of sp³-hybridized carbons (Fsp3) is 0.182. The van der Waals surface area contributed by atoms with Crippen LogP contribution in [0.4, 0.5) is 41.1 Å². The van der Waals surface area contributed by atoms with E-state index in [1.807, 2.05) is 0 Å². The summed E-state index contributed by atoms with van der Waals surface area (Å²) in [6.45, 7) is -1.15. The number of benzene rings is 1. The maximum atomic E-state index is 13.7. The van der Waals surface area contributed by atoms with Gasteiger partial charge in [0.15, 0.2) is 5.82 Å². The highest BCUT2D eigenvalue weighted by Gasteiger charge is 2.35. The molecule has 1 aliphatic rings. The van der Waals surface area contributed by atoms with Crippen LogP contribution in [0.15, 0.2) is 61.2 Å². The lowest BCUT2D eigenvalue weighted by molar-refractivity contribution is -0.115. The van der Waals surface area contributed by atoms with Gasteiger partial charge in [0.1, 0.15) is 17.9 Å². The van der Waals surface area contributed by atoms with Gasteiger partial charge in [0, 0.05) is 30.4 Å². The molecule has 4 aromatic rings. The summed E-state index contributed by atoms with van der Waals surface area (Å²) in [5, 5.41) is 2.17. The number of halogens is 3. The molecule has 4 heterocycles. The van der Waals surface area contributed by atoms with Crippen molar-refractivity contribution in [3.05, 3.63) is 66.7 Å². The Morgan fingerprint density at radius 2 is 1.85 bits per heavy atom. The van der Waals surface area contributed by atoms with E-state index in [0.717, 1.165) is 5.65 Å². The van der Waals surface area contributed by atoms with Crippen LogP contribution >= 0.6 is 0 Å². The Kier molecular flexibility index (Phi) is 5.19. The van der Waals surface area contributed by atoms with Crippen LogP contribution in [0.5, 0.6) is 5.75 Å². The number of methoxy groups -OCH3 is 1. The molecule has 12 heteroatoms. The van der Waals surface area contributed by atoms with Crippen molar-refractivity contribution >= 4 is 34.8 Å². The zero-order valence-electron chi connectivity index (χ0n) is 17.8. The van der Waals surface area contributed by atoms with Gasteiger partial charge in [-0.25, -0.2) is 19.7 Å². The molecule has 2 amide bonds. The number of amides is 2. The number of rotatable bonds is 5. The number of hydrogen-bond donors (Lipinski definition) is 1. The highest BCUT2D eigenvalue weighted by atomic mass is 19.4. The number of carbonyl (C=O) groups is 1. The second kappa shape index (κ2) is 8.21. The molecule has 0 radical (unpaired) electrons. The summed E-state index contributed by atoms with van der Waals surface area (Å²) in [5.41, 5.74) is 2.38. The van der Waals surface area contributed by atoms with E-state index in [9.17, 15) is 18.0 Å². The summed E-state index contributed by atoms with van der Waals surface area (Å²) < 4.78 is 45.0. The molecule has 0 aliphatic carbocycles. The number of fused-ring (bicyclic) bond motifs is 2. The van der Waals surface area contributed by atoms with Crippen LogP contribution in [-0.4, -0.2) is 45.2 Å². The summed E-state index contributed by atoms with van der Waals surface area (Å²) in [4.78, 5) is 29.0. The summed E-state index contributed by atoms with van der Waals surface area (Å²) in [5.74, 6) is 0.566. The molecule has 0 atom stereocenters. The highest BCUT2D eigenvalue weighted by molar-refractivity contribution is 6.10. The molecule has 0 saturated heterocycles. The predicted molar refractivity (Wildman–Crippen MR) is 118 cm³/mol. The lowest BCUT2D eigenvalue weighted by Gasteiger charge is -2.36. The second-order valence-corrected chi connectivity index (χ2v) is 7.49. The molecule has 1 N–H and O–H groups in total. The smallest absolute Gasteiger partial charge is 0.405 e. The minimum atomic E-state index is -4.44. The van der Waals surface area contributed by atoms with Crippen LogP contribution in [0.1, 0.15) is 5.56 Å². The van der Waals surface area contributed by atoms with Gasteiger partial charge in [-0.15, -0.1) is 0 Å². The zero-order valence-corrected chi connectivity index (χ0v) is 17.8. The number of alkyl halides is 3. The van der Waals surface area contributed by atoms with Gasteiger partial charge in [0.25, 0.3) is 0 Å². The molecular weight excluding hydrogens is 451 g/mol. The first-order chi connectivity index (χ1) is 16.3. The number of hydrogen-bond acceptors (Lipinski definition) is 6. The molecule has 0 fully saturated rings. The Morgan fingerprint density at radius 1 is 1.09 bits per heavy atom. The third-order valence-corrected chi connectivity index (χ3v) is 5.27. The first-order valence-corrected chi connectivity index (χ1v) is 10.2. The molecule has 0 unspecified atom stereocenters. The largest absolute Gasteiger partial charge is 0.497 e. The van der Waals surface area contributed by atoms with Crippen molar-refractivity contribution in [2.45, 2.75) is 12.7 Å². The topological polar surface area (TPSA) is 87.9 Å². The Bertz CT molecular complexity index is 1350. The number of nitrogens with one attached hydrogen (secondary N) is 1. The lowest BCUT2D eigenvalue weighted by atomic mass is 10.1. The summed E-state index contributed by atoms with van der Waals surface area (Å²) in [6, 6.07) is 9.86. The van der Waals surface area contributed by atoms with Gasteiger partial charge in [-0.3, -0.25) is 4.90 Å². The van der Waals surface area contributed by atoms with Crippen molar-refractivity contribution in [2.24, 2.45) is 0 Å². The molecule has 5 rings (SSSR count). The van der Waals surface area contributed by atoms with E-state index < -0.39 is 18.8 Å². The lowest BCUT2D eigenvalue weighted by Crippen LogP contribution is -2.45. The molecule has 0 spiro atoms. The molecule has 0 bridgehead atoms. The van der Waals surface area contributed by atoms with Crippen LogP contribution in [0.25, 0.3) is 5.65 Å². The van der Waals surface area contributed by atoms with Gasteiger partial charge in [-0.05, 0) is 36.4 Å². The van der Waals surface area contributed by atoms with Gasteiger partial charge in [-0.2, -0.15) is 18.2 Å². The summed E-state index contributed by atoms with van der Waals surface area (Å²) >= 11 is 0. The highest BCUT2D eigenvalue weighted by Crippen LogP contribution is 2.36. The van der Waals surface area contributed by atoms with E-state index in [2.05, 4.69) is 20.3 Å². The van der Waals surface area contributed by atoms with E-state index in [-0.39, 0.29) is 18.3 Å². The molecule has 0 saturated carbocycles. The normalized spacial score (nSPS) is 13.8. The van der Waals surface area contributed by atoms with Crippen molar-refractivity contribution in [1.29, 1.82) is 0 Å². The number of imidazole rings is 1. The van der Waals surface area contributed by atoms with Crippen LogP contribution in [0.3, 0.4) is 0 Å². The van der Waals surface area contributed by atoms with Crippen molar-refractivity contribution < 1.29 is 22.7 Å². The Morgan fingerprint density at radius 3 is 2.59 bits per heavy atom. The van der Waals surface area contributed by atoms with E-state index in [4.69, 9.17) is 4.74 Å². The second-order valence-electron chi connectivity index (χ2n) is 7.49. The third-order valence-electron chi connectivity index (χ3n) is 5.27. The predicted octanol–water partition coefficient (Wildman–Crippen LogP) is 4.39. The Hall–Kier alpha value is -4.35. The molecular formula is C22H18F3N7O2. The first kappa shape index (κ1) is 21.5. The summed E-state index contributed by atoms with van der Waals surface area (Å²) in [6.07, 6.45) is 2.18. The van der Waals surface area contributed by atoms with Crippen LogP contribution in [0, 0.1) is 0 Å². The fourth-order valence-electron chi connectivity index (χ4n) is 3.65. The van der Waals surface area contributed by atoms with Gasteiger partial charge in [0.2, 0.25) is 5.95 Å². The molecule has 1 aromatic carbocycles. The number of anilines is 4. The number of nitrogens with zero attached hydrogens (tertiary/aromatic N) is 6. The van der Waals surface area contributed by atoms with E-state index in [0.29, 0.717) is 22.7 Å². The van der Waals surface area contributed by atoms with E-state index in [1.165, 1.54) is 23.1 Å². The van der Waals surface area contributed by atoms with E-state index >= 15 is 0 Å². The maximum Gasteiger partial charge on any atom is 0.405 e. The first-order valence-electron chi connectivity index (χ1n) is 10.2. The minimum Gasteiger partial charge on any atom is -0.497 e. The number of ether oxygens (including phenoxy) is 1. The zero-order chi connectivity index (χ0) is 23.9. The molecule has 174 valence electrons. The monoisotopic (exact) mass is 469 g/mol. The van der Waals surface area contributed by atoms with Crippen LogP contribution in [-0.2, 0) is 6.54 Å². The number of aromatic nitrogens is 4. The average molecular weight is 469 g/mol. The van der Waals surface area contributed by atoms with Crippen LogP contribution < -0.4 is 19.9 Å². The number of carbonyl (C=O) groups excluding carboxylic acids is 1. The quantitative estimate of drug-likeness (QED) is 0.467.